The van der Waals surface area contributed by atoms with Crippen molar-refractivity contribution >= 4 is 32.6 Å². The van der Waals surface area contributed by atoms with Crippen LogP contribution in [-0.4, -0.2) is 31.7 Å². The van der Waals surface area contributed by atoms with Gasteiger partial charge in [0.2, 0.25) is 10.0 Å². The summed E-state index contributed by atoms with van der Waals surface area (Å²) < 4.78 is 71.1. The molecule has 166 valence electrons. The van der Waals surface area contributed by atoms with Gasteiger partial charge in [-0.25, -0.2) is 8.42 Å². The number of fused-ring (bicyclic) bond motifs is 1. The fraction of sp³-hybridized carbons (Fsp3) is 0.286. The van der Waals surface area contributed by atoms with Crippen molar-refractivity contribution in [2.24, 2.45) is 0 Å². The molecule has 2 aromatic carbocycles. The molecule has 0 atom stereocenters. The first kappa shape index (κ1) is 22.8. The number of furan rings is 1. The zero-order chi connectivity index (χ0) is 23.0. The van der Waals surface area contributed by atoms with Crippen LogP contribution < -0.4 is 5.32 Å². The second-order valence-corrected chi connectivity index (χ2v) is 8.77. The number of anilines is 1. The number of rotatable bonds is 6. The number of aryl methyl sites for hydroxylation is 1. The van der Waals surface area contributed by atoms with E-state index >= 15 is 0 Å². The van der Waals surface area contributed by atoms with Crippen molar-refractivity contribution in [2.75, 3.05) is 18.4 Å². The quantitative estimate of drug-likeness (QED) is 0.566. The summed E-state index contributed by atoms with van der Waals surface area (Å²) >= 11 is 0. The van der Waals surface area contributed by atoms with E-state index < -0.39 is 27.7 Å². The summed E-state index contributed by atoms with van der Waals surface area (Å²) in [5.74, 6) is -0.842. The lowest BCUT2D eigenvalue weighted by Crippen LogP contribution is -2.30. The molecular weight excluding hydrogens is 433 g/mol. The molecule has 0 fully saturated rings. The van der Waals surface area contributed by atoms with Gasteiger partial charge in [-0.15, -0.1) is 0 Å². The van der Waals surface area contributed by atoms with Crippen molar-refractivity contribution in [3.05, 3.63) is 59.4 Å². The number of amides is 1. The van der Waals surface area contributed by atoms with Gasteiger partial charge >= 0.3 is 6.18 Å². The van der Waals surface area contributed by atoms with Gasteiger partial charge in [-0.1, -0.05) is 19.9 Å². The van der Waals surface area contributed by atoms with Crippen molar-refractivity contribution in [3.8, 4) is 0 Å². The van der Waals surface area contributed by atoms with E-state index in [4.69, 9.17) is 4.42 Å². The van der Waals surface area contributed by atoms with Crippen LogP contribution in [0, 0.1) is 6.92 Å². The first-order valence-electron chi connectivity index (χ1n) is 9.51. The third-order valence-corrected chi connectivity index (χ3v) is 6.95. The molecule has 1 N–H and O–H groups in total. The van der Waals surface area contributed by atoms with E-state index in [0.717, 1.165) is 12.1 Å². The van der Waals surface area contributed by atoms with Gasteiger partial charge in [-0.05, 0) is 43.3 Å². The molecule has 0 spiro atoms. The standard InChI is InChI=1S/C21H21F3N2O4S/c1-4-26(5-2)31(28,29)16-9-10-18-17(12-16)13(3)19(30-18)20(27)25-15-8-6-7-14(11-15)21(22,23)24/h6-12H,4-5H2,1-3H3,(H,25,27). The molecule has 0 aliphatic heterocycles. The van der Waals surface area contributed by atoms with Gasteiger partial charge in [0.25, 0.3) is 5.91 Å². The number of hydrogen-bond acceptors (Lipinski definition) is 4. The summed E-state index contributed by atoms with van der Waals surface area (Å²) in [4.78, 5) is 12.7. The average molecular weight is 454 g/mol. The Labute approximate surface area is 177 Å². The molecule has 1 aromatic heterocycles. The highest BCUT2D eigenvalue weighted by molar-refractivity contribution is 7.89. The van der Waals surface area contributed by atoms with Gasteiger partial charge in [0.15, 0.2) is 5.76 Å². The lowest BCUT2D eigenvalue weighted by Gasteiger charge is -2.18. The molecule has 6 nitrogen and oxygen atoms in total. The first-order valence-corrected chi connectivity index (χ1v) is 10.9. The van der Waals surface area contributed by atoms with E-state index in [1.807, 2.05) is 0 Å². The van der Waals surface area contributed by atoms with Crippen LogP contribution in [0.2, 0.25) is 0 Å². The predicted molar refractivity (Wildman–Crippen MR) is 110 cm³/mol. The molecule has 1 amide bonds. The maximum atomic E-state index is 12.9. The van der Waals surface area contributed by atoms with E-state index in [2.05, 4.69) is 5.32 Å². The number of nitrogens with zero attached hydrogens (tertiary/aromatic N) is 1. The van der Waals surface area contributed by atoms with E-state index in [-0.39, 0.29) is 16.3 Å². The minimum absolute atomic E-state index is 0.0375. The highest BCUT2D eigenvalue weighted by Gasteiger charge is 2.31. The number of carbonyl (C=O) groups excluding carboxylic acids is 1. The molecule has 3 aromatic rings. The molecular formula is C21H21F3N2O4S. The molecule has 3 rings (SSSR count). The van der Waals surface area contributed by atoms with Crippen LogP contribution >= 0.6 is 0 Å². The normalized spacial score (nSPS) is 12.5. The highest BCUT2D eigenvalue weighted by Crippen LogP contribution is 2.32. The van der Waals surface area contributed by atoms with Crippen LogP contribution in [0.5, 0.6) is 0 Å². The summed E-state index contributed by atoms with van der Waals surface area (Å²) in [6.45, 7) is 5.68. The molecule has 0 bridgehead atoms. The lowest BCUT2D eigenvalue weighted by atomic mass is 10.1. The zero-order valence-electron chi connectivity index (χ0n) is 17.1. The number of benzene rings is 2. The molecule has 0 radical (unpaired) electrons. The number of hydrogen-bond donors (Lipinski definition) is 1. The van der Waals surface area contributed by atoms with E-state index in [1.165, 1.54) is 34.6 Å². The first-order chi connectivity index (χ1) is 14.5. The Hall–Kier alpha value is -2.85. The monoisotopic (exact) mass is 454 g/mol. The Balaban J connectivity index is 1.95. The van der Waals surface area contributed by atoms with Gasteiger partial charge in [0.05, 0.1) is 10.5 Å². The fourth-order valence-electron chi connectivity index (χ4n) is 3.25. The van der Waals surface area contributed by atoms with Crippen molar-refractivity contribution in [1.82, 2.24) is 4.31 Å². The van der Waals surface area contributed by atoms with Crippen molar-refractivity contribution in [1.29, 1.82) is 0 Å². The van der Waals surface area contributed by atoms with Gasteiger partial charge < -0.3 is 9.73 Å². The summed E-state index contributed by atoms with van der Waals surface area (Å²) in [5.41, 5.74) is -0.247. The Morgan fingerprint density at radius 1 is 1.10 bits per heavy atom. The SMILES string of the molecule is CCN(CC)S(=O)(=O)c1ccc2oc(C(=O)Nc3cccc(C(F)(F)F)c3)c(C)c2c1. The minimum Gasteiger partial charge on any atom is -0.451 e. The predicted octanol–water partition coefficient (Wildman–Crippen LogP) is 5.04. The van der Waals surface area contributed by atoms with E-state index in [0.29, 0.717) is 29.6 Å². The van der Waals surface area contributed by atoms with Crippen LogP contribution in [0.15, 0.2) is 51.8 Å². The van der Waals surface area contributed by atoms with Crippen LogP contribution in [0.3, 0.4) is 0 Å². The smallest absolute Gasteiger partial charge is 0.416 e. The summed E-state index contributed by atoms with van der Waals surface area (Å²) in [7, 11) is -3.70. The van der Waals surface area contributed by atoms with Gasteiger partial charge in [0.1, 0.15) is 5.58 Å². The van der Waals surface area contributed by atoms with Crippen molar-refractivity contribution in [2.45, 2.75) is 31.8 Å². The molecule has 0 saturated carbocycles. The molecule has 0 unspecified atom stereocenters. The van der Waals surface area contributed by atoms with E-state index in [1.54, 1.807) is 20.8 Å². The van der Waals surface area contributed by atoms with Crippen molar-refractivity contribution < 1.29 is 30.8 Å². The Kier molecular flexibility index (Phi) is 6.15. The maximum Gasteiger partial charge on any atom is 0.416 e. The molecule has 0 aliphatic rings. The lowest BCUT2D eigenvalue weighted by molar-refractivity contribution is -0.137. The molecule has 1 heterocycles. The zero-order valence-corrected chi connectivity index (χ0v) is 17.9. The molecule has 31 heavy (non-hydrogen) atoms. The van der Waals surface area contributed by atoms with Gasteiger partial charge in [0, 0.05) is 29.7 Å². The van der Waals surface area contributed by atoms with E-state index in [9.17, 15) is 26.4 Å². The third-order valence-electron chi connectivity index (χ3n) is 4.90. The Bertz CT molecular complexity index is 1230. The average Bonchev–Trinajstić information content (AvgIpc) is 3.04. The minimum atomic E-state index is -4.54. The van der Waals surface area contributed by atoms with Crippen molar-refractivity contribution in [3.63, 3.8) is 0 Å². The molecule has 0 saturated heterocycles. The summed E-state index contributed by atoms with van der Waals surface area (Å²) in [6, 6.07) is 8.54. The summed E-state index contributed by atoms with van der Waals surface area (Å²) in [5, 5.41) is 2.83. The second-order valence-electron chi connectivity index (χ2n) is 6.84. The fourth-order valence-corrected chi connectivity index (χ4v) is 4.74. The van der Waals surface area contributed by atoms with Crippen LogP contribution in [0.1, 0.15) is 35.5 Å². The second kappa shape index (κ2) is 8.35. The number of carbonyl (C=O) groups is 1. The highest BCUT2D eigenvalue weighted by atomic mass is 32.2. The van der Waals surface area contributed by atoms with Gasteiger partial charge in [-0.2, -0.15) is 17.5 Å². The third kappa shape index (κ3) is 4.45. The number of halogens is 3. The molecule has 10 heteroatoms. The number of alkyl halides is 3. The Morgan fingerprint density at radius 2 is 1.77 bits per heavy atom. The Morgan fingerprint density at radius 3 is 2.39 bits per heavy atom. The summed E-state index contributed by atoms with van der Waals surface area (Å²) in [6.07, 6.45) is -4.54. The van der Waals surface area contributed by atoms with Gasteiger partial charge in [-0.3, -0.25) is 4.79 Å². The maximum absolute atomic E-state index is 12.9. The van der Waals surface area contributed by atoms with Crippen LogP contribution in [0.4, 0.5) is 18.9 Å². The topological polar surface area (TPSA) is 79.6 Å². The molecule has 0 aliphatic carbocycles. The number of sulfonamides is 1. The van der Waals surface area contributed by atoms with Crippen LogP contribution in [0.25, 0.3) is 11.0 Å². The van der Waals surface area contributed by atoms with Crippen LogP contribution in [-0.2, 0) is 16.2 Å². The number of nitrogens with one attached hydrogen (secondary N) is 1. The largest absolute Gasteiger partial charge is 0.451 e.